The lowest BCUT2D eigenvalue weighted by molar-refractivity contribution is -0.115. The molecular formula is C16H25NO3S2. The number of hydrogen-bond acceptors (Lipinski definition) is 4. The number of rotatable bonds is 5. The van der Waals surface area contributed by atoms with Crippen molar-refractivity contribution in [1.29, 1.82) is 0 Å². The van der Waals surface area contributed by atoms with Gasteiger partial charge >= 0.3 is 0 Å². The Morgan fingerprint density at radius 3 is 2.00 bits per heavy atom. The first kappa shape index (κ1) is 19.0. The Morgan fingerprint density at radius 2 is 1.59 bits per heavy atom. The van der Waals surface area contributed by atoms with Crippen LogP contribution >= 0.6 is 11.8 Å². The van der Waals surface area contributed by atoms with Crippen molar-refractivity contribution in [3.8, 4) is 0 Å². The first-order valence-electron chi connectivity index (χ1n) is 7.26. The highest BCUT2D eigenvalue weighted by molar-refractivity contribution is 8.00. The molecule has 0 saturated heterocycles. The molecule has 0 spiro atoms. The molecule has 0 aliphatic carbocycles. The van der Waals surface area contributed by atoms with E-state index in [0.29, 0.717) is 5.69 Å². The van der Waals surface area contributed by atoms with E-state index in [9.17, 15) is 13.2 Å². The molecule has 4 nitrogen and oxygen atoms in total. The van der Waals surface area contributed by atoms with E-state index < -0.39 is 26.2 Å². The van der Waals surface area contributed by atoms with Gasteiger partial charge in [0.2, 0.25) is 5.91 Å². The van der Waals surface area contributed by atoms with Crippen molar-refractivity contribution >= 4 is 33.2 Å². The van der Waals surface area contributed by atoms with Crippen molar-refractivity contribution in [2.45, 2.75) is 61.7 Å². The molecule has 0 fully saturated rings. The largest absolute Gasteiger partial charge is 0.325 e. The van der Waals surface area contributed by atoms with Gasteiger partial charge in [-0.15, -0.1) is 11.8 Å². The molecule has 124 valence electrons. The third-order valence-corrected chi connectivity index (χ3v) is 6.70. The zero-order chi connectivity index (χ0) is 17.1. The second kappa shape index (κ2) is 7.04. The number of sulfone groups is 1. The zero-order valence-electron chi connectivity index (χ0n) is 14.0. The van der Waals surface area contributed by atoms with Crippen molar-refractivity contribution in [1.82, 2.24) is 0 Å². The zero-order valence-corrected chi connectivity index (χ0v) is 15.6. The van der Waals surface area contributed by atoms with Crippen LogP contribution in [-0.2, 0) is 14.6 Å². The predicted octanol–water partition coefficient (Wildman–Crippen LogP) is 3.73. The topological polar surface area (TPSA) is 63.2 Å². The summed E-state index contributed by atoms with van der Waals surface area (Å²) in [5.74, 6) is -0.495. The molecule has 1 amide bonds. The monoisotopic (exact) mass is 343 g/mol. The standard InChI is InChI=1S/C16H25NO3S2/c1-11(2)22(19,20)12(3)15(18)17-13-7-9-14(10-8-13)21-16(4,5)6/h7-12H,1-6H3,(H,17,18). The number of thioether (sulfide) groups is 1. The minimum atomic E-state index is -3.44. The summed E-state index contributed by atoms with van der Waals surface area (Å²) in [7, 11) is -3.44. The molecule has 1 unspecified atom stereocenters. The Morgan fingerprint density at radius 1 is 1.09 bits per heavy atom. The average Bonchev–Trinajstić information content (AvgIpc) is 2.38. The summed E-state index contributed by atoms with van der Waals surface area (Å²) in [6.45, 7) is 11.0. The van der Waals surface area contributed by atoms with E-state index in [1.165, 1.54) is 6.92 Å². The van der Waals surface area contributed by atoms with Gasteiger partial charge in [0.1, 0.15) is 5.25 Å². The highest BCUT2D eigenvalue weighted by Crippen LogP contribution is 2.32. The van der Waals surface area contributed by atoms with Crippen LogP contribution in [-0.4, -0.2) is 29.6 Å². The van der Waals surface area contributed by atoms with E-state index in [4.69, 9.17) is 0 Å². The van der Waals surface area contributed by atoms with Crippen LogP contribution in [0.4, 0.5) is 5.69 Å². The van der Waals surface area contributed by atoms with Crippen molar-refractivity contribution in [2.24, 2.45) is 0 Å². The van der Waals surface area contributed by atoms with E-state index >= 15 is 0 Å². The number of amides is 1. The van der Waals surface area contributed by atoms with Crippen molar-refractivity contribution in [3.63, 3.8) is 0 Å². The predicted molar refractivity (Wildman–Crippen MR) is 94.2 cm³/mol. The number of hydrogen-bond donors (Lipinski definition) is 1. The second-order valence-corrected chi connectivity index (χ2v) is 11.2. The van der Waals surface area contributed by atoms with Crippen molar-refractivity contribution < 1.29 is 13.2 Å². The molecule has 1 atom stereocenters. The van der Waals surface area contributed by atoms with Crippen LogP contribution in [0.2, 0.25) is 0 Å². The lowest BCUT2D eigenvalue weighted by atomic mass is 10.3. The number of carbonyl (C=O) groups is 1. The van der Waals surface area contributed by atoms with Gasteiger partial charge in [-0.3, -0.25) is 4.79 Å². The minimum absolute atomic E-state index is 0.116. The Bertz CT molecular complexity index is 614. The molecule has 0 radical (unpaired) electrons. The third-order valence-electron chi connectivity index (χ3n) is 3.06. The molecular weight excluding hydrogens is 318 g/mol. The first-order valence-corrected chi connectivity index (χ1v) is 9.69. The fourth-order valence-electron chi connectivity index (χ4n) is 1.76. The molecule has 1 rings (SSSR count). The molecule has 0 aliphatic heterocycles. The summed E-state index contributed by atoms with van der Waals surface area (Å²) in [5, 5.41) is 1.04. The molecule has 1 aromatic rings. The van der Waals surface area contributed by atoms with Gasteiger partial charge in [-0.25, -0.2) is 8.42 Å². The van der Waals surface area contributed by atoms with Crippen LogP contribution in [0.15, 0.2) is 29.2 Å². The average molecular weight is 344 g/mol. The first-order chi connectivity index (χ1) is 9.93. The molecule has 0 bridgehead atoms. The van der Waals surface area contributed by atoms with Crippen LogP contribution in [0.5, 0.6) is 0 Å². The smallest absolute Gasteiger partial charge is 0.242 e. The highest BCUT2D eigenvalue weighted by Gasteiger charge is 2.30. The van der Waals surface area contributed by atoms with Gasteiger partial charge in [0.15, 0.2) is 9.84 Å². The van der Waals surface area contributed by atoms with Gasteiger partial charge in [-0.05, 0) is 45.0 Å². The molecule has 0 aliphatic rings. The Labute approximate surface area is 138 Å². The van der Waals surface area contributed by atoms with Crippen LogP contribution in [0.25, 0.3) is 0 Å². The van der Waals surface area contributed by atoms with Crippen LogP contribution in [0, 0.1) is 0 Å². The Kier molecular flexibility index (Phi) is 6.10. The quantitative estimate of drug-likeness (QED) is 0.828. The summed E-state index contributed by atoms with van der Waals surface area (Å²) in [6.07, 6.45) is 0. The third kappa shape index (κ3) is 5.32. The van der Waals surface area contributed by atoms with Gasteiger partial charge in [-0.1, -0.05) is 20.8 Å². The fraction of sp³-hybridized carbons (Fsp3) is 0.562. The summed E-state index contributed by atoms with van der Waals surface area (Å²) in [4.78, 5) is 13.2. The number of anilines is 1. The van der Waals surface area contributed by atoms with Crippen LogP contribution in [0.3, 0.4) is 0 Å². The van der Waals surface area contributed by atoms with E-state index in [1.54, 1.807) is 37.7 Å². The fourth-order valence-corrected chi connectivity index (χ4v) is 3.91. The van der Waals surface area contributed by atoms with E-state index in [0.717, 1.165) is 4.90 Å². The molecule has 0 saturated carbocycles. The maximum atomic E-state index is 12.1. The molecule has 0 heterocycles. The summed E-state index contributed by atoms with van der Waals surface area (Å²) >= 11 is 1.73. The summed E-state index contributed by atoms with van der Waals surface area (Å²) < 4.78 is 24.1. The number of benzene rings is 1. The highest BCUT2D eigenvalue weighted by atomic mass is 32.2. The van der Waals surface area contributed by atoms with Gasteiger partial charge in [0, 0.05) is 15.3 Å². The normalized spacial score (nSPS) is 14.0. The van der Waals surface area contributed by atoms with Gasteiger partial charge in [0.25, 0.3) is 0 Å². The van der Waals surface area contributed by atoms with E-state index in [1.807, 2.05) is 12.1 Å². The summed E-state index contributed by atoms with van der Waals surface area (Å²) in [5.41, 5.74) is 0.606. The maximum absolute atomic E-state index is 12.1. The van der Waals surface area contributed by atoms with Gasteiger partial charge in [0.05, 0.1) is 5.25 Å². The summed E-state index contributed by atoms with van der Waals surface area (Å²) in [6, 6.07) is 7.43. The molecule has 1 N–H and O–H groups in total. The molecule has 6 heteroatoms. The number of nitrogens with one attached hydrogen (secondary N) is 1. The lowest BCUT2D eigenvalue weighted by Crippen LogP contribution is -2.36. The lowest BCUT2D eigenvalue weighted by Gasteiger charge is -2.18. The van der Waals surface area contributed by atoms with Crippen molar-refractivity contribution in [2.75, 3.05) is 5.32 Å². The van der Waals surface area contributed by atoms with Crippen LogP contribution < -0.4 is 5.32 Å². The Hall–Kier alpha value is -1.01. The number of carbonyl (C=O) groups excluding carboxylic acids is 1. The van der Waals surface area contributed by atoms with Gasteiger partial charge < -0.3 is 5.32 Å². The SMILES string of the molecule is CC(C)S(=O)(=O)C(C)C(=O)Nc1ccc(SC(C)(C)C)cc1. The molecule has 0 aromatic heterocycles. The molecule has 1 aromatic carbocycles. The van der Waals surface area contributed by atoms with E-state index in [2.05, 4.69) is 26.1 Å². The second-order valence-electron chi connectivity index (χ2n) is 6.51. The van der Waals surface area contributed by atoms with Gasteiger partial charge in [-0.2, -0.15) is 0 Å². The van der Waals surface area contributed by atoms with E-state index in [-0.39, 0.29) is 4.75 Å². The van der Waals surface area contributed by atoms with Crippen LogP contribution in [0.1, 0.15) is 41.5 Å². The minimum Gasteiger partial charge on any atom is -0.325 e. The Balaban J connectivity index is 2.78. The molecule has 22 heavy (non-hydrogen) atoms. The van der Waals surface area contributed by atoms with Crippen molar-refractivity contribution in [3.05, 3.63) is 24.3 Å². The maximum Gasteiger partial charge on any atom is 0.242 e.